The fourth-order valence-electron chi connectivity index (χ4n) is 3.92. The molecule has 1 aliphatic carbocycles. The number of aryl methyl sites for hydroxylation is 1. The van der Waals surface area contributed by atoms with Crippen molar-refractivity contribution in [1.29, 1.82) is 0 Å². The first kappa shape index (κ1) is 23.1. The van der Waals surface area contributed by atoms with Crippen molar-refractivity contribution in [2.75, 3.05) is 6.61 Å². The van der Waals surface area contributed by atoms with E-state index in [1.807, 2.05) is 6.07 Å². The lowest BCUT2D eigenvalue weighted by molar-refractivity contribution is -0.449. The van der Waals surface area contributed by atoms with Gasteiger partial charge >= 0.3 is 5.97 Å². The van der Waals surface area contributed by atoms with Gasteiger partial charge in [-0.1, -0.05) is 17.0 Å². The topological polar surface area (TPSA) is 137 Å². The molecule has 1 aliphatic heterocycles. The zero-order valence-electron chi connectivity index (χ0n) is 18.0. The van der Waals surface area contributed by atoms with Crippen LogP contribution in [0.1, 0.15) is 40.9 Å². The first-order valence-corrected chi connectivity index (χ1v) is 10.7. The number of nitrogens with zero attached hydrogens (tertiary/aromatic N) is 2. The summed E-state index contributed by atoms with van der Waals surface area (Å²) in [6, 6.07) is 5.01. The van der Waals surface area contributed by atoms with E-state index in [2.05, 4.69) is 5.10 Å². The van der Waals surface area contributed by atoms with Gasteiger partial charge < -0.3 is 35.1 Å². The summed E-state index contributed by atoms with van der Waals surface area (Å²) in [6.07, 6.45) is -3.60. The molecule has 1 aromatic carbocycles. The van der Waals surface area contributed by atoms with Crippen molar-refractivity contribution in [3.8, 4) is 0 Å². The number of ether oxygens (including phenoxy) is 1. The lowest BCUT2D eigenvalue weighted by Crippen LogP contribution is -2.68. The van der Waals surface area contributed by atoms with E-state index in [9.17, 15) is 29.9 Å². The lowest BCUT2D eigenvalue weighted by Gasteiger charge is -2.43. The van der Waals surface area contributed by atoms with E-state index in [0.717, 1.165) is 34.5 Å². The van der Waals surface area contributed by atoms with Crippen LogP contribution in [0.5, 0.6) is 0 Å². The molecule has 1 unspecified atom stereocenters. The number of halogens is 1. The van der Waals surface area contributed by atoms with Gasteiger partial charge in [0.15, 0.2) is 6.10 Å². The van der Waals surface area contributed by atoms with Crippen LogP contribution in [0.25, 0.3) is 0 Å². The predicted octanol–water partition coefficient (Wildman–Crippen LogP) is -0.269. The van der Waals surface area contributed by atoms with E-state index in [1.165, 1.54) is 6.07 Å². The van der Waals surface area contributed by atoms with E-state index in [-0.39, 0.29) is 5.82 Å². The Morgan fingerprint density at radius 2 is 1.94 bits per heavy atom. The molecule has 0 radical (unpaired) electrons. The molecule has 1 saturated carbocycles. The molecular weight excluding hydrogens is 423 g/mol. The highest BCUT2D eigenvalue weighted by Crippen LogP contribution is 2.35. The molecule has 0 amide bonds. The zero-order valence-corrected chi connectivity index (χ0v) is 18.0. The highest BCUT2D eigenvalue weighted by atomic mass is 19.1. The van der Waals surface area contributed by atoms with Gasteiger partial charge in [-0.3, -0.25) is 0 Å². The smallest absolute Gasteiger partial charge is 0.377 e. The molecule has 5 N–H and O–H groups in total. The second-order valence-electron chi connectivity index (χ2n) is 8.78. The Kier molecular flexibility index (Phi) is 6.27. The first-order valence-electron chi connectivity index (χ1n) is 10.7. The lowest BCUT2D eigenvalue weighted by atomic mass is 9.98. The molecule has 0 bridgehead atoms. The molecule has 32 heavy (non-hydrogen) atoms. The van der Waals surface area contributed by atoms with Crippen LogP contribution in [0.2, 0.25) is 0 Å². The van der Waals surface area contributed by atoms with Gasteiger partial charge in [-0.25, -0.2) is 4.39 Å². The molecule has 0 spiro atoms. The van der Waals surface area contributed by atoms with Crippen molar-refractivity contribution >= 4 is 0 Å². The van der Waals surface area contributed by atoms with Crippen LogP contribution in [0.4, 0.5) is 4.39 Å². The van der Waals surface area contributed by atoms with Crippen LogP contribution in [-0.2, 0) is 17.6 Å². The Hall–Kier alpha value is -2.08. The summed E-state index contributed by atoms with van der Waals surface area (Å²) >= 11 is 0. The summed E-state index contributed by atoms with van der Waals surface area (Å²) in [5.74, 6) is -2.57. The SMILES string of the molecule is Cc1ccc(Cc2c(CC3CC3)nn(OC3(O)O[C@H](CO)[C@@H](O)[C@@H](O)[C@H]3O)c2C)cc1F. The molecule has 9 nitrogen and oxygen atoms in total. The van der Waals surface area contributed by atoms with Crippen LogP contribution in [0.3, 0.4) is 0 Å². The quantitative estimate of drug-likeness (QED) is 0.362. The molecule has 1 aromatic heterocycles. The van der Waals surface area contributed by atoms with Crippen LogP contribution in [0, 0.1) is 25.6 Å². The van der Waals surface area contributed by atoms with Crippen molar-refractivity contribution in [3.05, 3.63) is 52.1 Å². The third-order valence-corrected chi connectivity index (χ3v) is 6.23. The highest BCUT2D eigenvalue weighted by molar-refractivity contribution is 5.34. The van der Waals surface area contributed by atoms with E-state index >= 15 is 0 Å². The fourth-order valence-corrected chi connectivity index (χ4v) is 3.92. The molecule has 2 fully saturated rings. The van der Waals surface area contributed by atoms with Gasteiger partial charge in [0.25, 0.3) is 0 Å². The van der Waals surface area contributed by atoms with Crippen LogP contribution < -0.4 is 4.84 Å². The third-order valence-electron chi connectivity index (χ3n) is 6.23. The Morgan fingerprint density at radius 1 is 1.22 bits per heavy atom. The predicted molar refractivity (Wildman–Crippen MR) is 109 cm³/mol. The summed E-state index contributed by atoms with van der Waals surface area (Å²) in [5.41, 5.74) is 3.33. The maximum atomic E-state index is 14.1. The molecular formula is C22H29FN2O7. The van der Waals surface area contributed by atoms with Gasteiger partial charge in [0.1, 0.15) is 24.1 Å². The Labute approximate surface area is 184 Å². The normalized spacial score (nSPS) is 30.5. The van der Waals surface area contributed by atoms with E-state index < -0.39 is 37.0 Å². The summed E-state index contributed by atoms with van der Waals surface area (Å²) in [7, 11) is 0. The maximum absolute atomic E-state index is 14.1. The second-order valence-corrected chi connectivity index (χ2v) is 8.78. The zero-order chi connectivity index (χ0) is 23.2. The molecule has 10 heteroatoms. The molecule has 5 atom stereocenters. The van der Waals surface area contributed by atoms with Crippen LogP contribution >= 0.6 is 0 Å². The van der Waals surface area contributed by atoms with Gasteiger partial charge in [0, 0.05) is 12.0 Å². The van der Waals surface area contributed by atoms with E-state index in [1.54, 1.807) is 19.9 Å². The molecule has 2 aromatic rings. The average Bonchev–Trinajstić information content (AvgIpc) is 3.53. The number of benzene rings is 1. The summed E-state index contributed by atoms with van der Waals surface area (Å²) < 4.78 is 19.2. The molecule has 1 saturated heterocycles. The van der Waals surface area contributed by atoms with Gasteiger partial charge in [0.05, 0.1) is 18.0 Å². The van der Waals surface area contributed by atoms with E-state index in [4.69, 9.17) is 9.57 Å². The van der Waals surface area contributed by atoms with Crippen molar-refractivity contribution in [2.45, 2.75) is 69.9 Å². The van der Waals surface area contributed by atoms with Gasteiger partial charge in [-0.2, -0.15) is 0 Å². The largest absolute Gasteiger partial charge is 0.394 e. The molecule has 4 rings (SSSR count). The Balaban J connectivity index is 1.64. The number of hydrogen-bond acceptors (Lipinski definition) is 8. The number of hydrogen-bond donors (Lipinski definition) is 5. The summed E-state index contributed by atoms with van der Waals surface area (Å²) in [4.78, 5) is 6.49. The van der Waals surface area contributed by atoms with Gasteiger partial charge in [-0.15, -0.1) is 5.10 Å². The molecule has 2 aliphatic rings. The highest BCUT2D eigenvalue weighted by Gasteiger charge is 2.56. The molecule has 2 heterocycles. The van der Waals surface area contributed by atoms with Crippen LogP contribution in [0.15, 0.2) is 18.2 Å². The summed E-state index contributed by atoms with van der Waals surface area (Å²) in [5, 5.41) is 54.8. The van der Waals surface area contributed by atoms with Gasteiger partial charge in [-0.05, 0) is 56.2 Å². The van der Waals surface area contributed by atoms with Crippen LogP contribution in [-0.4, -0.2) is 72.5 Å². The maximum Gasteiger partial charge on any atom is 0.377 e. The average molecular weight is 452 g/mol. The van der Waals surface area contributed by atoms with Crippen molar-refractivity contribution < 1.29 is 39.5 Å². The Morgan fingerprint density at radius 3 is 2.56 bits per heavy atom. The van der Waals surface area contributed by atoms with E-state index in [0.29, 0.717) is 30.0 Å². The minimum absolute atomic E-state index is 0.303. The number of rotatable bonds is 7. The summed E-state index contributed by atoms with van der Waals surface area (Å²) in [6.45, 7) is 2.68. The monoisotopic (exact) mass is 452 g/mol. The number of aliphatic hydroxyl groups is 5. The van der Waals surface area contributed by atoms with Gasteiger partial charge in [0.2, 0.25) is 0 Å². The van der Waals surface area contributed by atoms with Crippen molar-refractivity contribution in [2.24, 2.45) is 5.92 Å². The standard InChI is InChI=1S/C22H29FN2O7/c1-11-3-4-14(8-16(11)23)7-15-12(2)25(24-17(15)9-13-5-6-13)32-22(30)21(29)20(28)19(27)18(10-26)31-22/h3-4,8,13,18-21,26-30H,5-7,9-10H2,1-2H3/t18-,19-,20-,21-,22?/m1/s1. The van der Waals surface area contributed by atoms with Crippen molar-refractivity contribution in [1.82, 2.24) is 9.94 Å². The third kappa shape index (κ3) is 4.39. The second kappa shape index (κ2) is 8.69. The molecule has 176 valence electrons. The van der Waals surface area contributed by atoms with Crippen molar-refractivity contribution in [3.63, 3.8) is 0 Å². The number of aromatic nitrogens is 2. The fraction of sp³-hybridized carbons (Fsp3) is 0.591. The first-order chi connectivity index (χ1) is 15.1. The Bertz CT molecular complexity index is 977. The minimum Gasteiger partial charge on any atom is -0.394 e. The minimum atomic E-state index is -2.76. The number of aliphatic hydroxyl groups excluding tert-OH is 4.